The Morgan fingerprint density at radius 1 is 1.23 bits per heavy atom. The van der Waals surface area contributed by atoms with Gasteiger partial charge in [0.2, 0.25) is 5.76 Å². The van der Waals surface area contributed by atoms with E-state index in [1.807, 2.05) is 25.1 Å². The minimum Gasteiger partial charge on any atom is -0.507 e. The molecule has 1 amide bonds. The van der Waals surface area contributed by atoms with Crippen LogP contribution in [0.1, 0.15) is 53.9 Å². The first-order valence-corrected chi connectivity index (χ1v) is 10.4. The van der Waals surface area contributed by atoms with Gasteiger partial charge in [0.05, 0.1) is 5.56 Å². The first-order chi connectivity index (χ1) is 14.5. The first kappa shape index (κ1) is 20.2. The van der Waals surface area contributed by atoms with Crippen molar-refractivity contribution in [3.8, 4) is 28.1 Å². The number of benzene rings is 2. The number of phenolic OH excluding ortho intramolecular Hbond substituents is 1. The Kier molecular flexibility index (Phi) is 5.59. The molecule has 1 aliphatic rings. The van der Waals surface area contributed by atoms with Crippen LogP contribution in [0.15, 0.2) is 40.9 Å². The number of nitrogens with zero attached hydrogens (tertiary/aromatic N) is 1. The predicted octanol–water partition coefficient (Wildman–Crippen LogP) is 4.23. The Labute approximate surface area is 176 Å². The molecule has 0 bridgehead atoms. The summed E-state index contributed by atoms with van der Waals surface area (Å²) >= 11 is 0. The van der Waals surface area contributed by atoms with Gasteiger partial charge in [-0.3, -0.25) is 4.79 Å². The molecule has 0 unspecified atom stereocenters. The van der Waals surface area contributed by atoms with Crippen molar-refractivity contribution in [3.63, 3.8) is 0 Å². The highest BCUT2D eigenvalue weighted by Crippen LogP contribution is 2.40. The van der Waals surface area contributed by atoms with Crippen LogP contribution in [0.4, 0.5) is 0 Å². The molecule has 3 aromatic rings. The van der Waals surface area contributed by atoms with Crippen molar-refractivity contribution in [2.45, 2.75) is 39.7 Å². The van der Waals surface area contributed by atoms with Gasteiger partial charge in [-0.15, -0.1) is 0 Å². The number of aromatic nitrogens is 1. The summed E-state index contributed by atoms with van der Waals surface area (Å²) in [4.78, 5) is 12.7. The van der Waals surface area contributed by atoms with Crippen LogP contribution in [0.2, 0.25) is 0 Å². The summed E-state index contributed by atoms with van der Waals surface area (Å²) in [5.74, 6) is 0.248. The van der Waals surface area contributed by atoms with E-state index in [1.165, 1.54) is 11.1 Å². The lowest BCUT2D eigenvalue weighted by atomic mass is 9.91. The summed E-state index contributed by atoms with van der Waals surface area (Å²) in [6.45, 7) is 8.30. The lowest BCUT2D eigenvalue weighted by Crippen LogP contribution is -2.24. The van der Waals surface area contributed by atoms with Gasteiger partial charge in [-0.25, -0.2) is 0 Å². The van der Waals surface area contributed by atoms with Crippen LogP contribution in [0.5, 0.6) is 5.75 Å². The Hall–Kier alpha value is -3.12. The van der Waals surface area contributed by atoms with E-state index in [1.54, 1.807) is 6.07 Å². The van der Waals surface area contributed by atoms with Crippen LogP contribution in [0.3, 0.4) is 0 Å². The van der Waals surface area contributed by atoms with E-state index < -0.39 is 0 Å². The van der Waals surface area contributed by atoms with Crippen molar-refractivity contribution in [1.82, 2.24) is 15.8 Å². The zero-order valence-corrected chi connectivity index (χ0v) is 17.6. The van der Waals surface area contributed by atoms with Crippen LogP contribution >= 0.6 is 0 Å². The van der Waals surface area contributed by atoms with Gasteiger partial charge in [0.25, 0.3) is 5.91 Å². The second-order valence-corrected chi connectivity index (χ2v) is 7.94. The normalized spacial score (nSPS) is 13.3. The molecule has 3 N–H and O–H groups in total. The van der Waals surface area contributed by atoms with E-state index >= 15 is 0 Å². The van der Waals surface area contributed by atoms with Gasteiger partial charge in [0, 0.05) is 18.7 Å². The van der Waals surface area contributed by atoms with Crippen molar-refractivity contribution in [2.24, 2.45) is 0 Å². The lowest BCUT2D eigenvalue weighted by molar-refractivity contribution is 0.0920. The van der Waals surface area contributed by atoms with E-state index in [4.69, 9.17) is 4.52 Å². The summed E-state index contributed by atoms with van der Waals surface area (Å²) in [6, 6.07) is 11.7. The molecule has 1 aromatic heterocycles. The van der Waals surface area contributed by atoms with E-state index in [-0.39, 0.29) is 17.4 Å². The molecule has 156 valence electrons. The second-order valence-electron chi connectivity index (χ2n) is 7.94. The van der Waals surface area contributed by atoms with Gasteiger partial charge in [-0.1, -0.05) is 43.3 Å². The maximum Gasteiger partial charge on any atom is 0.290 e. The average molecular weight is 405 g/mol. The van der Waals surface area contributed by atoms with E-state index in [0.717, 1.165) is 30.6 Å². The fourth-order valence-corrected chi connectivity index (χ4v) is 3.87. The lowest BCUT2D eigenvalue weighted by Gasteiger charge is -2.18. The fraction of sp³-hybridized carbons (Fsp3) is 0.333. The number of hydrogen-bond donors (Lipinski definition) is 3. The molecular formula is C24H27N3O3. The summed E-state index contributed by atoms with van der Waals surface area (Å²) in [7, 11) is 0. The predicted molar refractivity (Wildman–Crippen MR) is 117 cm³/mol. The highest BCUT2D eigenvalue weighted by atomic mass is 16.5. The summed E-state index contributed by atoms with van der Waals surface area (Å²) in [6.07, 6.45) is 0.925. The molecule has 0 radical (unpaired) electrons. The van der Waals surface area contributed by atoms with Crippen molar-refractivity contribution in [2.75, 3.05) is 13.1 Å². The van der Waals surface area contributed by atoms with E-state index in [9.17, 15) is 9.90 Å². The number of rotatable bonds is 5. The van der Waals surface area contributed by atoms with Crippen LogP contribution in [-0.2, 0) is 13.0 Å². The number of nitrogens with one attached hydrogen (secondary N) is 2. The maximum atomic E-state index is 12.7. The van der Waals surface area contributed by atoms with Crippen LogP contribution in [-0.4, -0.2) is 29.3 Å². The highest BCUT2D eigenvalue weighted by molar-refractivity contribution is 6.02. The molecule has 0 spiro atoms. The quantitative estimate of drug-likeness (QED) is 0.591. The molecule has 0 saturated carbocycles. The molecule has 0 atom stereocenters. The minimum absolute atomic E-state index is 0.110. The third-order valence-electron chi connectivity index (χ3n) is 5.56. The average Bonchev–Trinajstić information content (AvgIpc) is 3.18. The smallest absolute Gasteiger partial charge is 0.290 e. The second kappa shape index (κ2) is 8.32. The van der Waals surface area contributed by atoms with Gasteiger partial charge >= 0.3 is 0 Å². The summed E-state index contributed by atoms with van der Waals surface area (Å²) in [5, 5.41) is 21.0. The van der Waals surface area contributed by atoms with E-state index in [0.29, 0.717) is 29.3 Å². The SMILES string of the molecule is CCNC(=O)c1onc(-c2cc(C(C)C)ccc2O)c1-c1ccc2c(c1)CCNC2. The number of aromatic hydroxyl groups is 1. The number of phenols is 1. The highest BCUT2D eigenvalue weighted by Gasteiger charge is 2.27. The number of carbonyl (C=O) groups is 1. The zero-order valence-electron chi connectivity index (χ0n) is 17.6. The third-order valence-corrected chi connectivity index (χ3v) is 5.56. The Bertz CT molecular complexity index is 1090. The van der Waals surface area contributed by atoms with Crippen molar-refractivity contribution in [3.05, 3.63) is 58.8 Å². The zero-order chi connectivity index (χ0) is 21.3. The monoisotopic (exact) mass is 405 g/mol. The van der Waals surface area contributed by atoms with Gasteiger partial charge in [0.15, 0.2) is 0 Å². The Morgan fingerprint density at radius 2 is 2.07 bits per heavy atom. The molecule has 0 fully saturated rings. The molecule has 0 saturated heterocycles. The minimum atomic E-state index is -0.315. The molecule has 30 heavy (non-hydrogen) atoms. The molecule has 4 rings (SSSR count). The molecule has 1 aliphatic heterocycles. The van der Waals surface area contributed by atoms with Crippen molar-refractivity contribution >= 4 is 5.91 Å². The number of amides is 1. The fourth-order valence-electron chi connectivity index (χ4n) is 3.87. The van der Waals surface area contributed by atoms with Crippen molar-refractivity contribution in [1.29, 1.82) is 0 Å². The largest absolute Gasteiger partial charge is 0.507 e. The first-order valence-electron chi connectivity index (χ1n) is 10.4. The van der Waals surface area contributed by atoms with Crippen LogP contribution in [0, 0.1) is 0 Å². The number of carbonyl (C=O) groups excluding carboxylic acids is 1. The number of hydrogen-bond acceptors (Lipinski definition) is 5. The van der Waals surface area contributed by atoms with Gasteiger partial charge in [-0.05, 0) is 60.2 Å². The third kappa shape index (κ3) is 3.71. The standard InChI is InChI=1S/C24H27N3O3/c1-4-26-24(29)23-21(17-5-6-18-13-25-10-9-16(18)11-17)22(27-30-23)19-12-15(14(2)3)7-8-20(19)28/h5-8,11-12,14,25,28H,4,9-10,13H2,1-3H3,(H,26,29). The molecule has 6 nitrogen and oxygen atoms in total. The molecular weight excluding hydrogens is 378 g/mol. The molecule has 2 aromatic carbocycles. The topological polar surface area (TPSA) is 87.4 Å². The molecule has 6 heteroatoms. The van der Waals surface area contributed by atoms with Crippen LogP contribution < -0.4 is 10.6 Å². The summed E-state index contributed by atoms with van der Waals surface area (Å²) in [5.41, 5.74) is 6.10. The van der Waals surface area contributed by atoms with Gasteiger partial charge < -0.3 is 20.3 Å². The maximum absolute atomic E-state index is 12.7. The Morgan fingerprint density at radius 3 is 2.83 bits per heavy atom. The number of fused-ring (bicyclic) bond motifs is 1. The summed E-state index contributed by atoms with van der Waals surface area (Å²) < 4.78 is 5.53. The van der Waals surface area contributed by atoms with Crippen LogP contribution in [0.25, 0.3) is 22.4 Å². The molecule has 0 aliphatic carbocycles. The van der Waals surface area contributed by atoms with Gasteiger partial charge in [0.1, 0.15) is 11.4 Å². The van der Waals surface area contributed by atoms with Gasteiger partial charge in [-0.2, -0.15) is 0 Å². The van der Waals surface area contributed by atoms with E-state index in [2.05, 4.69) is 41.8 Å². The molecule has 2 heterocycles. The Balaban J connectivity index is 1.91. The van der Waals surface area contributed by atoms with Crippen molar-refractivity contribution < 1.29 is 14.4 Å².